The van der Waals surface area contributed by atoms with Gasteiger partial charge in [-0.1, -0.05) is 41.7 Å². The standard InChI is InChI=1S/C26H21N3O3S2/c1-15-8-9-17(12-16(15)2)23-14-20(19-6-4-5-7-21(19)27-23)25(30)29-26-28-22-11-10-18(34(3,31)32)13-24(22)33-26/h4-14H,1-3H3,(H,28,29,30). The van der Waals surface area contributed by atoms with E-state index in [1.165, 1.54) is 29.2 Å². The van der Waals surface area contributed by atoms with E-state index < -0.39 is 9.84 Å². The number of sulfone groups is 1. The molecule has 0 aliphatic carbocycles. The number of aryl methyl sites for hydroxylation is 2. The van der Waals surface area contributed by atoms with Gasteiger partial charge in [-0.2, -0.15) is 0 Å². The fourth-order valence-electron chi connectivity index (χ4n) is 3.77. The molecule has 8 heteroatoms. The number of thiazole rings is 1. The second kappa shape index (κ2) is 8.30. The molecule has 3 aromatic carbocycles. The zero-order valence-corrected chi connectivity index (χ0v) is 20.4. The van der Waals surface area contributed by atoms with Crippen molar-refractivity contribution >= 4 is 53.3 Å². The molecule has 170 valence electrons. The fraction of sp³-hybridized carbons (Fsp3) is 0.115. The van der Waals surface area contributed by atoms with Gasteiger partial charge in [0.1, 0.15) is 0 Å². The number of aromatic nitrogens is 2. The number of carbonyl (C=O) groups is 1. The number of nitrogens with zero attached hydrogens (tertiary/aromatic N) is 2. The largest absolute Gasteiger partial charge is 0.298 e. The van der Waals surface area contributed by atoms with E-state index in [0.717, 1.165) is 22.0 Å². The third-order valence-corrected chi connectivity index (χ3v) is 7.82. The molecular weight excluding hydrogens is 466 g/mol. The first-order valence-electron chi connectivity index (χ1n) is 10.6. The number of rotatable bonds is 4. The number of para-hydroxylation sites is 1. The van der Waals surface area contributed by atoms with E-state index in [-0.39, 0.29) is 10.8 Å². The summed E-state index contributed by atoms with van der Waals surface area (Å²) in [5, 5.41) is 4.03. The highest BCUT2D eigenvalue weighted by Gasteiger charge is 2.17. The Morgan fingerprint density at radius 1 is 0.882 bits per heavy atom. The van der Waals surface area contributed by atoms with E-state index in [1.807, 2.05) is 36.4 Å². The lowest BCUT2D eigenvalue weighted by atomic mass is 10.0. The van der Waals surface area contributed by atoms with Crippen molar-refractivity contribution in [3.63, 3.8) is 0 Å². The van der Waals surface area contributed by atoms with Gasteiger partial charge in [-0.25, -0.2) is 18.4 Å². The molecule has 0 atom stereocenters. The van der Waals surface area contributed by atoms with Crippen LogP contribution in [0.4, 0.5) is 5.13 Å². The molecule has 5 rings (SSSR count). The Bertz CT molecular complexity index is 1710. The average molecular weight is 488 g/mol. The third kappa shape index (κ3) is 4.18. The summed E-state index contributed by atoms with van der Waals surface area (Å²) >= 11 is 1.24. The van der Waals surface area contributed by atoms with Crippen LogP contribution in [0.15, 0.2) is 71.6 Å². The van der Waals surface area contributed by atoms with E-state index in [4.69, 9.17) is 4.98 Å². The molecule has 34 heavy (non-hydrogen) atoms. The second-order valence-corrected chi connectivity index (χ2v) is 11.3. The van der Waals surface area contributed by atoms with Gasteiger partial charge in [0.2, 0.25) is 0 Å². The van der Waals surface area contributed by atoms with Crippen LogP contribution >= 0.6 is 11.3 Å². The summed E-state index contributed by atoms with van der Waals surface area (Å²) in [5.74, 6) is -0.300. The summed E-state index contributed by atoms with van der Waals surface area (Å²) in [7, 11) is -3.33. The molecule has 0 radical (unpaired) electrons. The summed E-state index contributed by atoms with van der Waals surface area (Å²) in [5.41, 5.74) is 5.85. The highest BCUT2D eigenvalue weighted by atomic mass is 32.2. The van der Waals surface area contributed by atoms with Crippen LogP contribution in [0.5, 0.6) is 0 Å². The summed E-state index contributed by atoms with van der Waals surface area (Å²) < 4.78 is 24.4. The molecule has 0 bridgehead atoms. The van der Waals surface area contributed by atoms with E-state index in [1.54, 1.807) is 18.2 Å². The van der Waals surface area contributed by atoms with Crippen molar-refractivity contribution in [1.29, 1.82) is 0 Å². The Hall–Kier alpha value is -3.62. The molecular formula is C26H21N3O3S2. The quantitative estimate of drug-likeness (QED) is 0.347. The number of benzene rings is 3. The van der Waals surface area contributed by atoms with Crippen molar-refractivity contribution in [2.75, 3.05) is 11.6 Å². The van der Waals surface area contributed by atoms with Gasteiger partial charge < -0.3 is 0 Å². The number of hydrogen-bond acceptors (Lipinski definition) is 6. The number of fused-ring (bicyclic) bond motifs is 2. The van der Waals surface area contributed by atoms with Crippen LogP contribution < -0.4 is 5.32 Å². The molecule has 0 saturated carbocycles. The molecule has 2 aromatic heterocycles. The fourth-order valence-corrected chi connectivity index (χ4v) is 5.39. The Labute approximate surface area is 201 Å². The molecule has 0 fully saturated rings. The third-order valence-electron chi connectivity index (χ3n) is 5.77. The van der Waals surface area contributed by atoms with Gasteiger partial charge in [0, 0.05) is 17.2 Å². The summed E-state index contributed by atoms with van der Waals surface area (Å²) in [6.45, 7) is 4.11. The molecule has 0 aliphatic heterocycles. The molecule has 2 heterocycles. The lowest BCUT2D eigenvalue weighted by molar-refractivity contribution is 0.102. The van der Waals surface area contributed by atoms with E-state index >= 15 is 0 Å². The molecule has 0 saturated heterocycles. The molecule has 1 amide bonds. The number of carbonyl (C=O) groups excluding carboxylic acids is 1. The van der Waals surface area contributed by atoms with Gasteiger partial charge in [0.25, 0.3) is 5.91 Å². The summed E-state index contributed by atoms with van der Waals surface area (Å²) in [4.78, 5) is 22.8. The van der Waals surface area contributed by atoms with E-state index in [2.05, 4.69) is 30.2 Å². The molecule has 1 N–H and O–H groups in total. The zero-order valence-electron chi connectivity index (χ0n) is 18.8. The highest BCUT2D eigenvalue weighted by molar-refractivity contribution is 7.90. The van der Waals surface area contributed by atoms with Crippen LogP contribution in [0.2, 0.25) is 0 Å². The number of anilines is 1. The van der Waals surface area contributed by atoms with Gasteiger partial charge in [-0.3, -0.25) is 10.1 Å². The normalized spacial score (nSPS) is 11.7. The molecule has 6 nitrogen and oxygen atoms in total. The summed E-state index contributed by atoms with van der Waals surface area (Å²) in [6.07, 6.45) is 1.17. The predicted molar refractivity (Wildman–Crippen MR) is 137 cm³/mol. The minimum Gasteiger partial charge on any atom is -0.298 e. The lowest BCUT2D eigenvalue weighted by Crippen LogP contribution is -2.13. The summed E-state index contributed by atoms with van der Waals surface area (Å²) in [6, 6.07) is 20.2. The smallest absolute Gasteiger partial charge is 0.258 e. The van der Waals surface area contributed by atoms with E-state index in [0.29, 0.717) is 26.6 Å². The van der Waals surface area contributed by atoms with Gasteiger partial charge in [-0.05, 0) is 61.4 Å². The first-order valence-corrected chi connectivity index (χ1v) is 13.3. The maximum absolute atomic E-state index is 13.4. The van der Waals surface area contributed by atoms with Crippen molar-refractivity contribution in [1.82, 2.24) is 9.97 Å². The van der Waals surface area contributed by atoms with Gasteiger partial charge in [0.05, 0.1) is 31.9 Å². The first kappa shape index (κ1) is 22.2. The number of pyridine rings is 1. The number of amides is 1. The van der Waals surface area contributed by atoms with Crippen molar-refractivity contribution in [3.05, 3.63) is 83.4 Å². The van der Waals surface area contributed by atoms with Gasteiger partial charge >= 0.3 is 0 Å². The minimum absolute atomic E-state index is 0.222. The molecule has 0 aliphatic rings. The molecule has 0 spiro atoms. The van der Waals surface area contributed by atoms with E-state index in [9.17, 15) is 13.2 Å². The first-order chi connectivity index (χ1) is 16.2. The second-order valence-electron chi connectivity index (χ2n) is 8.25. The van der Waals surface area contributed by atoms with Crippen LogP contribution in [0.3, 0.4) is 0 Å². The van der Waals surface area contributed by atoms with Crippen LogP contribution in [0, 0.1) is 13.8 Å². The monoisotopic (exact) mass is 487 g/mol. The minimum atomic E-state index is -3.33. The SMILES string of the molecule is Cc1ccc(-c2cc(C(=O)Nc3nc4ccc(S(C)(=O)=O)cc4s3)c3ccccc3n2)cc1C. The van der Waals surface area contributed by atoms with Crippen LogP contribution in [-0.4, -0.2) is 30.5 Å². The van der Waals surface area contributed by atoms with Crippen molar-refractivity contribution in [2.24, 2.45) is 0 Å². The number of nitrogens with one attached hydrogen (secondary N) is 1. The maximum atomic E-state index is 13.4. The average Bonchev–Trinajstić information content (AvgIpc) is 3.21. The molecule has 0 unspecified atom stereocenters. The van der Waals surface area contributed by atoms with Gasteiger partial charge in [-0.15, -0.1) is 0 Å². The Balaban J connectivity index is 1.55. The Morgan fingerprint density at radius 2 is 1.68 bits per heavy atom. The van der Waals surface area contributed by atoms with Crippen LogP contribution in [0.25, 0.3) is 32.4 Å². The Morgan fingerprint density at radius 3 is 2.44 bits per heavy atom. The molecule has 5 aromatic rings. The van der Waals surface area contributed by atoms with Crippen LogP contribution in [0.1, 0.15) is 21.5 Å². The predicted octanol–water partition coefficient (Wildman–Crippen LogP) is 5.78. The van der Waals surface area contributed by atoms with Crippen LogP contribution in [-0.2, 0) is 9.84 Å². The number of hydrogen-bond donors (Lipinski definition) is 1. The zero-order chi connectivity index (χ0) is 24.0. The van der Waals surface area contributed by atoms with Gasteiger partial charge in [0.15, 0.2) is 15.0 Å². The Kier molecular flexibility index (Phi) is 5.42. The maximum Gasteiger partial charge on any atom is 0.258 e. The van der Waals surface area contributed by atoms with Crippen molar-refractivity contribution < 1.29 is 13.2 Å². The topological polar surface area (TPSA) is 89.0 Å². The van der Waals surface area contributed by atoms with Crippen molar-refractivity contribution in [3.8, 4) is 11.3 Å². The lowest BCUT2D eigenvalue weighted by Gasteiger charge is -2.11. The van der Waals surface area contributed by atoms with Crippen molar-refractivity contribution in [2.45, 2.75) is 18.7 Å². The highest BCUT2D eigenvalue weighted by Crippen LogP contribution is 2.30.